The average Bonchev–Trinajstić information content (AvgIpc) is 3.24. The molecule has 6 nitrogen and oxygen atoms in total. The number of benzene rings is 2. The smallest absolute Gasteiger partial charge is 0.311 e. The van der Waals surface area contributed by atoms with E-state index in [-0.39, 0.29) is 12.2 Å². The molecule has 0 bridgehead atoms. The molecule has 4 rings (SSSR count). The Balaban J connectivity index is 1.28. The van der Waals surface area contributed by atoms with Gasteiger partial charge in [-0.25, -0.2) is 14.4 Å². The van der Waals surface area contributed by atoms with Gasteiger partial charge in [-0.2, -0.15) is 0 Å². The lowest BCUT2D eigenvalue weighted by molar-refractivity contribution is -0.134. The SMILES string of the molecule is O=C(CCc1ncc(-c2ccc(F)cc2)o1)Oc1ccc(Oc2ccccn2)cc1. The Kier molecular flexibility index (Phi) is 5.80. The van der Waals surface area contributed by atoms with Crippen LogP contribution in [0.5, 0.6) is 17.4 Å². The first-order valence-corrected chi connectivity index (χ1v) is 9.26. The van der Waals surface area contributed by atoms with E-state index >= 15 is 0 Å². The normalized spacial score (nSPS) is 10.6. The minimum atomic E-state index is -0.407. The van der Waals surface area contributed by atoms with E-state index < -0.39 is 5.97 Å². The molecule has 0 atom stereocenters. The van der Waals surface area contributed by atoms with E-state index in [0.29, 0.717) is 41.0 Å². The molecule has 0 aliphatic heterocycles. The number of ether oxygens (including phenoxy) is 2. The van der Waals surface area contributed by atoms with Gasteiger partial charge in [0.15, 0.2) is 11.7 Å². The third-order valence-electron chi connectivity index (χ3n) is 4.14. The highest BCUT2D eigenvalue weighted by atomic mass is 19.1. The Morgan fingerprint density at radius 1 is 0.933 bits per heavy atom. The van der Waals surface area contributed by atoms with Crippen LogP contribution in [0.4, 0.5) is 4.39 Å². The largest absolute Gasteiger partial charge is 0.441 e. The minimum absolute atomic E-state index is 0.107. The summed E-state index contributed by atoms with van der Waals surface area (Å²) in [7, 11) is 0. The van der Waals surface area contributed by atoms with Crippen molar-refractivity contribution < 1.29 is 23.1 Å². The number of hydrogen-bond acceptors (Lipinski definition) is 6. The van der Waals surface area contributed by atoms with E-state index in [9.17, 15) is 9.18 Å². The number of halogens is 1. The number of rotatable bonds is 7. The van der Waals surface area contributed by atoms with Crippen molar-refractivity contribution in [2.75, 3.05) is 0 Å². The maximum absolute atomic E-state index is 13.0. The number of nitrogens with zero attached hydrogens (tertiary/aromatic N) is 2. The molecule has 4 aromatic rings. The summed E-state index contributed by atoms with van der Waals surface area (Å²) in [6.07, 6.45) is 3.59. The van der Waals surface area contributed by atoms with Gasteiger partial charge in [0.1, 0.15) is 17.3 Å². The molecular weight excluding hydrogens is 387 g/mol. The molecule has 0 amide bonds. The van der Waals surface area contributed by atoms with Crippen LogP contribution in [0.15, 0.2) is 83.5 Å². The number of aryl methyl sites for hydroxylation is 1. The monoisotopic (exact) mass is 404 g/mol. The predicted octanol–water partition coefficient (Wildman–Crippen LogP) is 5.21. The van der Waals surface area contributed by atoms with Gasteiger partial charge in [-0.1, -0.05) is 6.07 Å². The molecule has 0 spiro atoms. The Morgan fingerprint density at radius 2 is 1.70 bits per heavy atom. The van der Waals surface area contributed by atoms with Crippen molar-refractivity contribution in [1.82, 2.24) is 9.97 Å². The summed E-state index contributed by atoms with van der Waals surface area (Å²) >= 11 is 0. The molecule has 0 saturated carbocycles. The summed E-state index contributed by atoms with van der Waals surface area (Å²) in [5.74, 6) is 1.67. The third kappa shape index (κ3) is 5.08. The molecule has 30 heavy (non-hydrogen) atoms. The molecule has 2 aromatic carbocycles. The van der Waals surface area contributed by atoms with Gasteiger partial charge in [-0.3, -0.25) is 4.79 Å². The van der Waals surface area contributed by atoms with Gasteiger partial charge >= 0.3 is 5.97 Å². The van der Waals surface area contributed by atoms with Crippen LogP contribution in [0.2, 0.25) is 0 Å². The van der Waals surface area contributed by atoms with Gasteiger partial charge in [-0.05, 0) is 54.6 Å². The van der Waals surface area contributed by atoms with Crippen molar-refractivity contribution in [1.29, 1.82) is 0 Å². The molecule has 0 N–H and O–H groups in total. The highest BCUT2D eigenvalue weighted by Gasteiger charge is 2.11. The molecule has 150 valence electrons. The van der Waals surface area contributed by atoms with Gasteiger partial charge < -0.3 is 13.9 Å². The van der Waals surface area contributed by atoms with Crippen LogP contribution in [0.1, 0.15) is 12.3 Å². The van der Waals surface area contributed by atoms with Crippen molar-refractivity contribution in [3.05, 3.63) is 90.8 Å². The lowest BCUT2D eigenvalue weighted by Gasteiger charge is -2.06. The Morgan fingerprint density at radius 3 is 2.43 bits per heavy atom. The fourth-order valence-corrected chi connectivity index (χ4v) is 2.67. The van der Waals surface area contributed by atoms with E-state index in [1.54, 1.807) is 60.9 Å². The van der Waals surface area contributed by atoms with Crippen LogP contribution in [-0.2, 0) is 11.2 Å². The minimum Gasteiger partial charge on any atom is -0.441 e. The number of oxazole rings is 1. The van der Waals surface area contributed by atoms with Gasteiger partial charge in [0.25, 0.3) is 0 Å². The van der Waals surface area contributed by atoms with E-state index in [1.807, 2.05) is 6.07 Å². The van der Waals surface area contributed by atoms with Crippen LogP contribution in [0.3, 0.4) is 0 Å². The summed E-state index contributed by atoms with van der Waals surface area (Å²) in [4.78, 5) is 20.3. The molecule has 0 aliphatic carbocycles. The number of carbonyl (C=O) groups is 1. The van der Waals surface area contributed by atoms with E-state index in [1.165, 1.54) is 12.1 Å². The zero-order chi connectivity index (χ0) is 20.8. The van der Waals surface area contributed by atoms with E-state index in [2.05, 4.69) is 9.97 Å². The van der Waals surface area contributed by atoms with E-state index in [4.69, 9.17) is 13.9 Å². The predicted molar refractivity (Wildman–Crippen MR) is 107 cm³/mol. The maximum atomic E-state index is 13.0. The Labute approximate surface area is 171 Å². The second-order valence-electron chi connectivity index (χ2n) is 6.34. The maximum Gasteiger partial charge on any atom is 0.311 e. The first-order chi connectivity index (χ1) is 14.7. The van der Waals surface area contributed by atoms with Crippen molar-refractivity contribution in [2.45, 2.75) is 12.8 Å². The van der Waals surface area contributed by atoms with Gasteiger partial charge in [0.05, 0.1) is 12.6 Å². The zero-order valence-electron chi connectivity index (χ0n) is 15.8. The van der Waals surface area contributed by atoms with Gasteiger partial charge in [0.2, 0.25) is 5.88 Å². The Hall–Kier alpha value is -4.00. The van der Waals surface area contributed by atoms with Crippen molar-refractivity contribution in [2.24, 2.45) is 0 Å². The van der Waals surface area contributed by atoms with Crippen molar-refractivity contribution in [3.63, 3.8) is 0 Å². The molecule has 0 fully saturated rings. The van der Waals surface area contributed by atoms with Gasteiger partial charge in [0, 0.05) is 24.2 Å². The highest BCUT2D eigenvalue weighted by molar-refractivity contribution is 5.72. The van der Waals surface area contributed by atoms with Crippen LogP contribution >= 0.6 is 0 Å². The number of pyridine rings is 1. The first-order valence-electron chi connectivity index (χ1n) is 9.26. The quantitative estimate of drug-likeness (QED) is 0.311. The molecule has 0 radical (unpaired) electrons. The number of esters is 1. The van der Waals surface area contributed by atoms with Crippen molar-refractivity contribution in [3.8, 4) is 28.7 Å². The lowest BCUT2D eigenvalue weighted by atomic mass is 10.2. The van der Waals surface area contributed by atoms with Gasteiger partial charge in [-0.15, -0.1) is 0 Å². The molecule has 2 aromatic heterocycles. The fourth-order valence-electron chi connectivity index (χ4n) is 2.67. The number of aromatic nitrogens is 2. The molecule has 0 aliphatic rings. The summed E-state index contributed by atoms with van der Waals surface area (Å²) in [5, 5.41) is 0. The van der Waals surface area contributed by atoms with Crippen LogP contribution in [0, 0.1) is 5.82 Å². The van der Waals surface area contributed by atoms with Crippen molar-refractivity contribution >= 4 is 5.97 Å². The molecule has 0 unspecified atom stereocenters. The highest BCUT2D eigenvalue weighted by Crippen LogP contribution is 2.23. The Bertz CT molecular complexity index is 1110. The molecular formula is C23H17FN2O4. The summed E-state index contributed by atoms with van der Waals surface area (Å²) in [5.41, 5.74) is 0.714. The molecule has 7 heteroatoms. The second-order valence-corrected chi connectivity index (χ2v) is 6.34. The lowest BCUT2D eigenvalue weighted by Crippen LogP contribution is -2.09. The molecule has 0 saturated heterocycles. The standard InChI is InChI=1S/C23H17FN2O4/c24-17-6-4-16(5-7-17)20-15-26-22(30-20)12-13-23(27)29-19-10-8-18(9-11-19)28-21-3-1-2-14-25-21/h1-11,14-15H,12-13H2. The molecule has 2 heterocycles. The number of hydrogen-bond donors (Lipinski definition) is 0. The van der Waals surface area contributed by atoms with Crippen LogP contribution in [-0.4, -0.2) is 15.9 Å². The number of carbonyl (C=O) groups excluding carboxylic acids is 1. The summed E-state index contributed by atoms with van der Waals surface area (Å²) in [6, 6.07) is 18.0. The van der Waals surface area contributed by atoms with E-state index in [0.717, 1.165) is 0 Å². The topological polar surface area (TPSA) is 74.5 Å². The zero-order valence-corrected chi connectivity index (χ0v) is 15.8. The fraction of sp³-hybridized carbons (Fsp3) is 0.0870. The average molecular weight is 404 g/mol. The summed E-state index contributed by atoms with van der Waals surface area (Å²) < 4.78 is 29.5. The first kappa shape index (κ1) is 19.3. The van der Waals surface area contributed by atoms with Crippen LogP contribution < -0.4 is 9.47 Å². The van der Waals surface area contributed by atoms with Crippen LogP contribution in [0.25, 0.3) is 11.3 Å². The summed E-state index contributed by atoms with van der Waals surface area (Å²) in [6.45, 7) is 0. The second kappa shape index (κ2) is 9.00. The third-order valence-corrected chi connectivity index (χ3v) is 4.14.